The van der Waals surface area contributed by atoms with Gasteiger partial charge in [0.25, 0.3) is 0 Å². The molecule has 2 rings (SSSR count). The molecule has 0 saturated heterocycles. The Labute approximate surface area is 155 Å². The minimum atomic E-state index is -2.36. The molecule has 0 spiro atoms. The summed E-state index contributed by atoms with van der Waals surface area (Å²) >= 11 is 6.25. The molecule has 0 aliphatic carbocycles. The van der Waals surface area contributed by atoms with E-state index in [1.807, 2.05) is 36.4 Å². The number of allylic oxidation sites excluding steroid dienone is 1. The highest BCUT2D eigenvalue weighted by Gasteiger charge is 2.20. The monoisotopic (exact) mass is 358 g/mol. The summed E-state index contributed by atoms with van der Waals surface area (Å²) in [5.74, 6) is 0.605. The predicted molar refractivity (Wildman–Crippen MR) is 114 cm³/mol. The standard InChI is InChI=1S/C22H29PS/c1-3-5-6-9-14-20(4-2)19-23(24,21-15-10-7-11-16-21)22-17-12-8-13-18-22/h7-8,10-13,15-19H,3-6,9,14H2,1-2H3/b20-19-/i2D,19D. The molecule has 0 fully saturated rings. The second kappa shape index (κ2) is 9.97. The van der Waals surface area contributed by atoms with Crippen LogP contribution in [0.25, 0.3) is 0 Å². The Kier molecular flexibility index (Phi) is 6.77. The van der Waals surface area contributed by atoms with Crippen molar-refractivity contribution in [1.29, 1.82) is 0 Å². The van der Waals surface area contributed by atoms with Crippen molar-refractivity contribution in [3.8, 4) is 0 Å². The second-order valence-electron chi connectivity index (χ2n) is 6.06. The molecule has 0 aromatic heterocycles. The molecule has 0 heterocycles. The number of benzene rings is 2. The highest BCUT2D eigenvalue weighted by molar-refractivity contribution is 8.23. The normalized spacial score (nSPS) is 13.9. The van der Waals surface area contributed by atoms with Gasteiger partial charge in [0.15, 0.2) is 0 Å². The van der Waals surface area contributed by atoms with Crippen LogP contribution < -0.4 is 10.6 Å². The van der Waals surface area contributed by atoms with Crippen LogP contribution >= 0.6 is 6.04 Å². The molecule has 24 heavy (non-hydrogen) atoms. The SMILES string of the molecule is [2H]CC/C(CCCCCC)=C(\[2H])P(=S)(c1ccccc1)c1ccccc1. The summed E-state index contributed by atoms with van der Waals surface area (Å²) in [6, 6.07) is 18.0. The fourth-order valence-corrected chi connectivity index (χ4v) is 6.31. The molecular formula is C22H29PS. The highest BCUT2D eigenvalue weighted by atomic mass is 32.4. The van der Waals surface area contributed by atoms with Crippen LogP contribution in [-0.4, -0.2) is 0 Å². The molecule has 0 aliphatic rings. The highest BCUT2D eigenvalue weighted by Crippen LogP contribution is 2.47. The van der Waals surface area contributed by atoms with Crippen molar-refractivity contribution in [3.05, 3.63) is 72.0 Å². The van der Waals surface area contributed by atoms with Crippen molar-refractivity contribution < 1.29 is 2.74 Å². The van der Waals surface area contributed by atoms with Crippen LogP contribution in [0.2, 0.25) is 0 Å². The zero-order valence-electron chi connectivity index (χ0n) is 16.6. The van der Waals surface area contributed by atoms with Gasteiger partial charge in [-0.25, -0.2) is 0 Å². The minimum Gasteiger partial charge on any atom is -0.0832 e. The van der Waals surface area contributed by atoms with Crippen LogP contribution in [0.4, 0.5) is 0 Å². The van der Waals surface area contributed by atoms with Crippen molar-refractivity contribution >= 4 is 28.5 Å². The number of hydrogen-bond donors (Lipinski definition) is 0. The Hall–Kier alpha value is -1.17. The van der Waals surface area contributed by atoms with Crippen LogP contribution in [0.5, 0.6) is 0 Å². The molecule has 0 nitrogen and oxygen atoms in total. The lowest BCUT2D eigenvalue weighted by Gasteiger charge is -2.21. The van der Waals surface area contributed by atoms with E-state index in [1.54, 1.807) is 0 Å². The molecule has 0 saturated carbocycles. The van der Waals surface area contributed by atoms with Crippen molar-refractivity contribution in [2.45, 2.75) is 52.3 Å². The third-order valence-electron chi connectivity index (χ3n) is 4.19. The Balaban J connectivity index is 2.50. The van der Waals surface area contributed by atoms with Gasteiger partial charge in [0.05, 0.1) is 1.37 Å². The van der Waals surface area contributed by atoms with Crippen LogP contribution in [0.15, 0.2) is 72.0 Å². The average Bonchev–Trinajstić information content (AvgIpc) is 2.70. The summed E-state index contributed by atoms with van der Waals surface area (Å²) in [5, 5.41) is 2.14. The third kappa shape index (κ3) is 5.16. The lowest BCUT2D eigenvalue weighted by Crippen LogP contribution is -2.14. The zero-order chi connectivity index (χ0) is 18.8. The van der Waals surface area contributed by atoms with Gasteiger partial charge < -0.3 is 0 Å². The van der Waals surface area contributed by atoms with Gasteiger partial charge in [0, 0.05) is 7.41 Å². The van der Waals surface area contributed by atoms with Crippen molar-refractivity contribution in [1.82, 2.24) is 0 Å². The van der Waals surface area contributed by atoms with E-state index in [-0.39, 0.29) is 0 Å². The molecule has 2 heteroatoms. The van der Waals surface area contributed by atoms with Crippen molar-refractivity contribution in [2.75, 3.05) is 0 Å². The molecule has 2 aromatic rings. The Morgan fingerprint density at radius 1 is 1.00 bits per heavy atom. The van der Waals surface area contributed by atoms with E-state index in [1.165, 1.54) is 19.3 Å². The first-order valence-corrected chi connectivity index (χ1v) is 11.6. The fraction of sp³-hybridized carbons (Fsp3) is 0.364. The van der Waals surface area contributed by atoms with Gasteiger partial charge in [-0.3, -0.25) is 0 Å². The first-order chi connectivity index (χ1) is 12.6. The van der Waals surface area contributed by atoms with Gasteiger partial charge in [0.2, 0.25) is 0 Å². The van der Waals surface area contributed by atoms with E-state index in [2.05, 4.69) is 31.2 Å². The molecule has 0 aliphatic heterocycles. The van der Waals surface area contributed by atoms with Gasteiger partial charge in [-0.2, -0.15) is 0 Å². The molecule has 0 bridgehead atoms. The largest absolute Gasteiger partial charge is 0.0832 e. The molecule has 2 aromatic carbocycles. The molecule has 0 unspecified atom stereocenters. The summed E-state index contributed by atoms with van der Waals surface area (Å²) in [6.07, 6.45) is 6.26. The molecule has 0 atom stereocenters. The molecule has 0 radical (unpaired) electrons. The molecule has 128 valence electrons. The lowest BCUT2D eigenvalue weighted by molar-refractivity contribution is 0.658. The maximum absolute atomic E-state index is 9.08. The van der Waals surface area contributed by atoms with Crippen LogP contribution in [0, 0.1) is 0 Å². The van der Waals surface area contributed by atoms with Gasteiger partial charge in [0.1, 0.15) is 0 Å². The molecule has 0 N–H and O–H groups in total. The van der Waals surface area contributed by atoms with Crippen LogP contribution in [-0.2, 0) is 11.8 Å². The number of hydrogen-bond acceptors (Lipinski definition) is 1. The van der Waals surface area contributed by atoms with E-state index in [9.17, 15) is 0 Å². The minimum absolute atomic E-state index is 0.324. The summed E-state index contributed by atoms with van der Waals surface area (Å²) < 4.78 is 16.8. The summed E-state index contributed by atoms with van der Waals surface area (Å²) in [7, 11) is 0. The van der Waals surface area contributed by atoms with Gasteiger partial charge in [-0.15, -0.1) is 0 Å². The Morgan fingerprint density at radius 2 is 1.58 bits per heavy atom. The van der Waals surface area contributed by atoms with Crippen LogP contribution in [0.3, 0.4) is 0 Å². The summed E-state index contributed by atoms with van der Waals surface area (Å²) in [6.45, 7) is 2.53. The third-order valence-corrected chi connectivity index (χ3v) is 8.41. The topological polar surface area (TPSA) is 0 Å². The van der Waals surface area contributed by atoms with Gasteiger partial charge in [-0.1, -0.05) is 111 Å². The van der Waals surface area contributed by atoms with Crippen molar-refractivity contribution in [3.63, 3.8) is 0 Å². The molecule has 0 amide bonds. The van der Waals surface area contributed by atoms with E-state index < -0.39 is 6.04 Å². The van der Waals surface area contributed by atoms with E-state index in [4.69, 9.17) is 14.5 Å². The summed E-state index contributed by atoms with van der Waals surface area (Å²) in [5.41, 5.74) is 1.09. The van der Waals surface area contributed by atoms with Crippen molar-refractivity contribution in [2.24, 2.45) is 0 Å². The maximum atomic E-state index is 9.08. The summed E-state index contributed by atoms with van der Waals surface area (Å²) in [4.78, 5) is 0. The van der Waals surface area contributed by atoms with E-state index in [0.717, 1.165) is 29.0 Å². The van der Waals surface area contributed by atoms with Gasteiger partial charge >= 0.3 is 0 Å². The van der Waals surface area contributed by atoms with Crippen LogP contribution in [0.1, 0.15) is 55.1 Å². The van der Waals surface area contributed by atoms with Gasteiger partial charge in [-0.05, 0) is 35.7 Å². The second-order valence-corrected chi connectivity index (χ2v) is 10.2. The first-order valence-electron chi connectivity index (χ1n) is 10.0. The lowest BCUT2D eigenvalue weighted by atomic mass is 10.1. The Morgan fingerprint density at radius 3 is 2.08 bits per heavy atom. The fourth-order valence-electron chi connectivity index (χ4n) is 2.78. The number of rotatable bonds is 9. The zero-order valence-corrected chi connectivity index (χ0v) is 16.3. The molecular weight excluding hydrogens is 327 g/mol. The smallest absolute Gasteiger partial charge is 0.0642 e. The quantitative estimate of drug-likeness (QED) is 0.370. The van der Waals surface area contributed by atoms with E-state index >= 15 is 0 Å². The maximum Gasteiger partial charge on any atom is 0.0642 e. The first kappa shape index (κ1) is 16.3. The number of unbranched alkanes of at least 4 members (excludes halogenated alkanes) is 3. The Bertz CT molecular complexity index is 698. The predicted octanol–water partition coefficient (Wildman–Crippen LogP) is 6.38. The van der Waals surface area contributed by atoms with E-state index in [0.29, 0.717) is 19.1 Å². The average molecular weight is 359 g/mol.